The van der Waals surface area contributed by atoms with E-state index in [0.717, 1.165) is 22.6 Å². The zero-order valence-electron chi connectivity index (χ0n) is 32.7. The third kappa shape index (κ3) is 7.41. The van der Waals surface area contributed by atoms with E-state index in [9.17, 15) is 33.6 Å². The van der Waals surface area contributed by atoms with Crippen LogP contribution in [0.3, 0.4) is 0 Å². The Labute approximate surface area is 341 Å². The van der Waals surface area contributed by atoms with E-state index in [0.29, 0.717) is 31.5 Å². The van der Waals surface area contributed by atoms with Gasteiger partial charge in [-0.1, -0.05) is 18.9 Å². The number of nitrogens with zero attached hydrogens (tertiary/aromatic N) is 6. The third-order valence-corrected chi connectivity index (χ3v) is 11.5. The molecule has 18 nitrogen and oxygen atoms in total. The number of carbonyl (C=O) groups is 7. The molecule has 1 aliphatic carbocycles. The van der Waals surface area contributed by atoms with Crippen molar-refractivity contribution in [1.82, 2.24) is 30.4 Å². The summed E-state index contributed by atoms with van der Waals surface area (Å²) in [6.45, 7) is -0.768. The molecule has 4 aliphatic heterocycles. The standard InChI is InChI=1S/C40H41F2N9O9/c1-48-27-17-43-39(47-33(27)50(23-6-3-4-7-23)20-40(41,42)38(48)58)45-25-11-10-21(16-29(25)59-2)34(54)44-22-14-15-49(18-22)31(53)19-60-28-9-5-8-24-32(28)37(57)51(36(24)56)26-12-13-30(52)46-35(26)55/h5,8-11,16-17,22-23,26H,3-4,6-7,12-15,18-20H2,1-2H3,(H,44,54)(H,43,45,47)(H,46,52,55)/t22-,26?/m0/s1. The first-order valence-corrected chi connectivity index (χ1v) is 19.5. The minimum absolute atomic E-state index is 0.00152. The maximum absolute atomic E-state index is 15.0. The number of amides is 7. The number of carbonyl (C=O) groups excluding carboxylic acids is 7. The molecule has 1 saturated carbocycles. The summed E-state index contributed by atoms with van der Waals surface area (Å²) >= 11 is 0. The fourth-order valence-corrected chi connectivity index (χ4v) is 8.37. The Hall–Kier alpha value is -6.73. The maximum atomic E-state index is 15.0. The van der Waals surface area contributed by atoms with Crippen LogP contribution in [-0.2, 0) is 19.2 Å². The van der Waals surface area contributed by atoms with Gasteiger partial charge in [-0.3, -0.25) is 43.8 Å². The third-order valence-electron chi connectivity index (χ3n) is 11.5. The predicted molar refractivity (Wildman–Crippen MR) is 207 cm³/mol. The Kier molecular flexibility index (Phi) is 10.5. The molecule has 3 aromatic rings. The van der Waals surface area contributed by atoms with E-state index in [2.05, 4.69) is 25.9 Å². The van der Waals surface area contributed by atoms with Crippen LogP contribution >= 0.6 is 0 Å². The number of halogens is 2. The van der Waals surface area contributed by atoms with E-state index in [1.807, 2.05) is 0 Å². The number of nitrogens with one attached hydrogen (secondary N) is 3. The molecule has 5 heterocycles. The van der Waals surface area contributed by atoms with Gasteiger partial charge in [-0.05, 0) is 56.0 Å². The molecule has 1 aromatic heterocycles. The highest BCUT2D eigenvalue weighted by Crippen LogP contribution is 2.40. The van der Waals surface area contributed by atoms with E-state index in [-0.39, 0.29) is 71.1 Å². The van der Waals surface area contributed by atoms with E-state index in [1.165, 1.54) is 54.4 Å². The summed E-state index contributed by atoms with van der Waals surface area (Å²) in [6, 6.07) is 7.27. The first kappa shape index (κ1) is 40.1. The fourth-order valence-electron chi connectivity index (χ4n) is 8.37. The van der Waals surface area contributed by atoms with E-state index >= 15 is 8.78 Å². The van der Waals surface area contributed by atoms with Crippen LogP contribution in [0.5, 0.6) is 11.5 Å². The van der Waals surface area contributed by atoms with Gasteiger partial charge in [-0.15, -0.1) is 0 Å². The molecule has 5 aliphatic rings. The summed E-state index contributed by atoms with van der Waals surface area (Å²) in [7, 11) is 2.69. The van der Waals surface area contributed by atoms with Crippen LogP contribution in [0, 0.1) is 0 Å². The number of hydrogen-bond acceptors (Lipinski definition) is 13. The first-order valence-electron chi connectivity index (χ1n) is 19.5. The van der Waals surface area contributed by atoms with Gasteiger partial charge in [0.05, 0.1) is 36.7 Å². The lowest BCUT2D eigenvalue weighted by Gasteiger charge is -2.31. The van der Waals surface area contributed by atoms with E-state index in [4.69, 9.17) is 9.47 Å². The summed E-state index contributed by atoms with van der Waals surface area (Å²) < 4.78 is 41.4. The second-order valence-electron chi connectivity index (χ2n) is 15.3. The topological polar surface area (TPSA) is 213 Å². The first-order chi connectivity index (χ1) is 28.7. The lowest BCUT2D eigenvalue weighted by atomic mass is 10.0. The number of alkyl halides is 2. The molecule has 1 unspecified atom stereocenters. The quantitative estimate of drug-likeness (QED) is 0.251. The predicted octanol–water partition coefficient (Wildman–Crippen LogP) is 2.40. The molecular formula is C40H41F2N9O9. The van der Waals surface area contributed by atoms with E-state index < -0.39 is 72.5 Å². The number of hydrogen-bond donors (Lipinski definition) is 3. The molecule has 0 spiro atoms. The highest BCUT2D eigenvalue weighted by molar-refractivity contribution is 6.24. The molecule has 0 bridgehead atoms. The number of aromatic nitrogens is 2. The van der Waals surface area contributed by atoms with Gasteiger partial charge in [0.15, 0.2) is 12.4 Å². The number of anilines is 4. The van der Waals surface area contributed by atoms with Gasteiger partial charge in [0.25, 0.3) is 29.5 Å². The van der Waals surface area contributed by atoms with Gasteiger partial charge in [0.2, 0.25) is 17.8 Å². The Bertz CT molecular complexity index is 2320. The Balaban J connectivity index is 0.887. The Morgan fingerprint density at radius 3 is 2.53 bits per heavy atom. The van der Waals surface area contributed by atoms with Gasteiger partial charge >= 0.3 is 5.92 Å². The lowest BCUT2D eigenvalue weighted by molar-refractivity contribution is -0.140. The number of rotatable bonds is 10. The molecule has 2 aromatic carbocycles. The average molecular weight is 830 g/mol. The summed E-state index contributed by atoms with van der Waals surface area (Å²) in [6.07, 6.45) is 4.90. The van der Waals surface area contributed by atoms with Crippen LogP contribution in [0.4, 0.5) is 31.9 Å². The highest BCUT2D eigenvalue weighted by Gasteiger charge is 2.49. The van der Waals surface area contributed by atoms with Gasteiger partial charge < -0.3 is 34.8 Å². The Morgan fingerprint density at radius 2 is 1.78 bits per heavy atom. The number of methoxy groups -OCH3 is 1. The van der Waals surface area contributed by atoms with Crippen molar-refractivity contribution in [3.63, 3.8) is 0 Å². The van der Waals surface area contributed by atoms with Gasteiger partial charge in [-0.25, -0.2) is 4.98 Å². The second-order valence-corrected chi connectivity index (χ2v) is 15.3. The minimum atomic E-state index is -3.62. The number of imide groups is 2. The molecule has 0 radical (unpaired) electrons. The highest BCUT2D eigenvalue weighted by atomic mass is 19.3. The van der Waals surface area contributed by atoms with Crippen LogP contribution in [0.25, 0.3) is 0 Å². The molecule has 2 saturated heterocycles. The van der Waals surface area contributed by atoms with Crippen molar-refractivity contribution in [1.29, 1.82) is 0 Å². The summed E-state index contributed by atoms with van der Waals surface area (Å²) in [5.74, 6) is -7.93. The summed E-state index contributed by atoms with van der Waals surface area (Å²) in [5, 5.41) is 8.14. The molecule has 7 amide bonds. The van der Waals surface area contributed by atoms with E-state index in [1.54, 1.807) is 12.1 Å². The summed E-state index contributed by atoms with van der Waals surface area (Å²) in [4.78, 5) is 103. The van der Waals surface area contributed by atoms with Gasteiger partial charge in [-0.2, -0.15) is 13.8 Å². The largest absolute Gasteiger partial charge is 0.495 e. The molecular weight excluding hydrogens is 788 g/mol. The van der Waals surface area contributed by atoms with Crippen LogP contribution in [0.1, 0.15) is 76.0 Å². The van der Waals surface area contributed by atoms with Crippen LogP contribution < -0.4 is 35.2 Å². The van der Waals surface area contributed by atoms with Crippen LogP contribution in [0.15, 0.2) is 42.6 Å². The molecule has 3 fully saturated rings. The van der Waals surface area contributed by atoms with Crippen molar-refractivity contribution in [2.24, 2.45) is 0 Å². The zero-order chi connectivity index (χ0) is 42.5. The smallest absolute Gasteiger partial charge is 0.342 e. The molecule has 2 atom stereocenters. The Morgan fingerprint density at radius 1 is 1.00 bits per heavy atom. The van der Waals surface area contributed by atoms with Crippen molar-refractivity contribution in [3.05, 3.63) is 59.3 Å². The van der Waals surface area contributed by atoms with Crippen LogP contribution in [0.2, 0.25) is 0 Å². The second kappa shape index (κ2) is 15.8. The number of fused-ring (bicyclic) bond motifs is 2. The number of ether oxygens (including phenoxy) is 2. The molecule has 3 N–H and O–H groups in total. The van der Waals surface area contributed by atoms with Crippen molar-refractivity contribution in [3.8, 4) is 11.5 Å². The minimum Gasteiger partial charge on any atom is -0.495 e. The van der Waals surface area contributed by atoms with Crippen molar-refractivity contribution in [2.45, 2.75) is 69.0 Å². The molecule has 20 heteroatoms. The fraction of sp³-hybridized carbons (Fsp3) is 0.425. The van der Waals surface area contributed by atoms with Crippen LogP contribution in [-0.4, -0.2) is 126 Å². The lowest BCUT2D eigenvalue weighted by Crippen LogP contribution is -2.54. The number of benzene rings is 2. The van der Waals surface area contributed by atoms with Crippen molar-refractivity contribution in [2.75, 3.05) is 55.5 Å². The monoisotopic (exact) mass is 829 g/mol. The number of likely N-dealkylation sites (tertiary alicyclic amines) is 1. The zero-order valence-corrected chi connectivity index (χ0v) is 32.7. The normalized spacial score (nSPS) is 21.4. The molecule has 314 valence electrons. The van der Waals surface area contributed by atoms with Crippen molar-refractivity contribution >= 4 is 64.5 Å². The van der Waals surface area contributed by atoms with Crippen molar-refractivity contribution < 1.29 is 51.8 Å². The maximum Gasteiger partial charge on any atom is 0.342 e. The molecule has 8 rings (SSSR count). The number of piperidine rings is 1. The average Bonchev–Trinajstić information content (AvgIpc) is 3.99. The van der Waals surface area contributed by atoms with Gasteiger partial charge in [0, 0.05) is 44.2 Å². The molecule has 60 heavy (non-hydrogen) atoms. The summed E-state index contributed by atoms with van der Waals surface area (Å²) in [5.41, 5.74) is 0.765. The SMILES string of the molecule is COc1cc(C(=O)N[C@H]2CCN(C(=O)COc3cccc4c3C(=O)N(C3CCC(=O)NC3=O)C4=O)C2)ccc1Nc1ncc2c(n1)N(C1CCCC1)CC(F)(F)C(=O)N2C. The van der Waals surface area contributed by atoms with Gasteiger partial charge in [0.1, 0.15) is 23.2 Å².